The van der Waals surface area contributed by atoms with Crippen LogP contribution in [0.3, 0.4) is 0 Å². The van der Waals surface area contributed by atoms with Crippen LogP contribution in [0.2, 0.25) is 0 Å². The molecule has 2 amide bonds. The summed E-state index contributed by atoms with van der Waals surface area (Å²) in [5.74, 6) is 1.75. The lowest BCUT2D eigenvalue weighted by atomic mass is 9.96. The summed E-state index contributed by atoms with van der Waals surface area (Å²) in [6.45, 7) is 8.04. The fraction of sp³-hybridized carbons (Fsp3) is 0.409. The Morgan fingerprint density at radius 3 is 2.44 bits per heavy atom. The average Bonchev–Trinajstić information content (AvgIpc) is 2.90. The summed E-state index contributed by atoms with van der Waals surface area (Å²) in [6, 6.07) is 13.8. The molecular formula is C22H28N2O3. The molecule has 1 aliphatic rings. The van der Waals surface area contributed by atoms with Crippen LogP contribution in [0.15, 0.2) is 42.5 Å². The summed E-state index contributed by atoms with van der Waals surface area (Å²) in [6.07, 6.45) is 0.872. The van der Waals surface area contributed by atoms with E-state index in [9.17, 15) is 4.79 Å². The molecule has 0 fully saturated rings. The Balaban J connectivity index is 1.65. The first kappa shape index (κ1) is 19.1. The minimum Gasteiger partial charge on any atom is -0.490 e. The highest BCUT2D eigenvalue weighted by Crippen LogP contribution is 2.34. The zero-order valence-electron chi connectivity index (χ0n) is 16.2. The van der Waals surface area contributed by atoms with E-state index in [1.165, 1.54) is 5.56 Å². The van der Waals surface area contributed by atoms with Crippen molar-refractivity contribution in [2.75, 3.05) is 13.2 Å². The van der Waals surface area contributed by atoms with Gasteiger partial charge in [0.05, 0.1) is 19.3 Å². The van der Waals surface area contributed by atoms with Crippen molar-refractivity contribution >= 4 is 6.03 Å². The maximum absolute atomic E-state index is 12.4. The molecule has 3 rings (SSSR count). The standard InChI is InChI=1S/C22H28N2O3/c1-15(2)21(18-9-10-19-20(13-18)27-12-4-11-26-19)24-22(25)23-14-17-7-5-16(3)6-8-17/h5-10,13,15,21H,4,11-12,14H2,1-3H3,(H2,23,24,25)/t21-/m0/s1. The third-order valence-corrected chi connectivity index (χ3v) is 4.66. The molecule has 0 bridgehead atoms. The van der Waals surface area contributed by atoms with Crippen LogP contribution in [0.1, 0.15) is 43.0 Å². The van der Waals surface area contributed by atoms with Crippen molar-refractivity contribution in [2.24, 2.45) is 5.92 Å². The molecule has 2 aromatic carbocycles. The minimum atomic E-state index is -0.179. The number of hydrogen-bond acceptors (Lipinski definition) is 3. The van der Waals surface area contributed by atoms with E-state index in [4.69, 9.17) is 9.47 Å². The number of carbonyl (C=O) groups excluding carboxylic acids is 1. The van der Waals surface area contributed by atoms with Gasteiger partial charge in [0.15, 0.2) is 11.5 Å². The van der Waals surface area contributed by atoms with Crippen molar-refractivity contribution in [3.63, 3.8) is 0 Å². The van der Waals surface area contributed by atoms with Gasteiger partial charge >= 0.3 is 6.03 Å². The summed E-state index contributed by atoms with van der Waals surface area (Å²) in [7, 11) is 0. The molecular weight excluding hydrogens is 340 g/mol. The van der Waals surface area contributed by atoms with Gasteiger partial charge < -0.3 is 20.1 Å². The number of fused-ring (bicyclic) bond motifs is 1. The van der Waals surface area contributed by atoms with Gasteiger partial charge in [-0.1, -0.05) is 49.7 Å². The van der Waals surface area contributed by atoms with E-state index in [1.807, 2.05) is 49.4 Å². The van der Waals surface area contributed by atoms with Gasteiger partial charge in [0.2, 0.25) is 0 Å². The van der Waals surface area contributed by atoms with Gasteiger partial charge in [0.25, 0.3) is 0 Å². The van der Waals surface area contributed by atoms with E-state index in [2.05, 4.69) is 24.5 Å². The SMILES string of the molecule is Cc1ccc(CNC(=O)N[C@H](c2ccc3c(c2)OCCCO3)C(C)C)cc1. The summed E-state index contributed by atoms with van der Waals surface area (Å²) >= 11 is 0. The van der Waals surface area contributed by atoms with E-state index < -0.39 is 0 Å². The second-order valence-electron chi connectivity index (χ2n) is 7.29. The first-order chi connectivity index (χ1) is 13.0. The lowest BCUT2D eigenvalue weighted by Crippen LogP contribution is -2.39. The minimum absolute atomic E-state index is 0.111. The van der Waals surface area contributed by atoms with Gasteiger partial charge in [0, 0.05) is 13.0 Å². The predicted octanol–water partition coefficient (Wildman–Crippen LogP) is 4.35. The van der Waals surface area contributed by atoms with Crippen molar-refractivity contribution in [1.29, 1.82) is 0 Å². The highest BCUT2D eigenvalue weighted by Gasteiger charge is 2.21. The number of hydrogen-bond donors (Lipinski definition) is 2. The lowest BCUT2D eigenvalue weighted by Gasteiger charge is -2.24. The number of urea groups is 1. The molecule has 2 N–H and O–H groups in total. The van der Waals surface area contributed by atoms with E-state index in [0.717, 1.165) is 29.0 Å². The van der Waals surface area contributed by atoms with Crippen molar-refractivity contribution in [3.8, 4) is 11.5 Å². The Labute approximate surface area is 161 Å². The Kier molecular flexibility index (Phi) is 6.22. The Morgan fingerprint density at radius 1 is 1.04 bits per heavy atom. The van der Waals surface area contributed by atoms with Crippen molar-refractivity contribution < 1.29 is 14.3 Å². The summed E-state index contributed by atoms with van der Waals surface area (Å²) in [5.41, 5.74) is 3.30. The highest BCUT2D eigenvalue weighted by molar-refractivity contribution is 5.74. The molecule has 0 saturated heterocycles. The smallest absolute Gasteiger partial charge is 0.315 e. The van der Waals surface area contributed by atoms with Gasteiger partial charge in [-0.05, 0) is 36.1 Å². The van der Waals surface area contributed by atoms with E-state index in [-0.39, 0.29) is 18.0 Å². The second kappa shape index (κ2) is 8.80. The Hall–Kier alpha value is -2.69. The number of ether oxygens (including phenoxy) is 2. The molecule has 0 spiro atoms. The van der Waals surface area contributed by atoms with Crippen LogP contribution in [-0.2, 0) is 6.54 Å². The summed E-state index contributed by atoms with van der Waals surface area (Å²) in [5, 5.41) is 6.03. The molecule has 5 heteroatoms. The van der Waals surface area contributed by atoms with Crippen LogP contribution in [0.5, 0.6) is 11.5 Å². The molecule has 0 aliphatic carbocycles. The molecule has 27 heavy (non-hydrogen) atoms. The van der Waals surface area contributed by atoms with Crippen LogP contribution in [0.25, 0.3) is 0 Å². The Morgan fingerprint density at radius 2 is 1.74 bits per heavy atom. The summed E-state index contributed by atoms with van der Waals surface area (Å²) in [4.78, 5) is 12.4. The zero-order valence-corrected chi connectivity index (χ0v) is 16.2. The topological polar surface area (TPSA) is 59.6 Å². The maximum atomic E-state index is 12.4. The van der Waals surface area contributed by atoms with Crippen molar-refractivity contribution in [3.05, 3.63) is 59.2 Å². The highest BCUT2D eigenvalue weighted by atomic mass is 16.5. The first-order valence-corrected chi connectivity index (χ1v) is 9.52. The van der Waals surface area contributed by atoms with Crippen molar-refractivity contribution in [2.45, 2.75) is 39.8 Å². The first-order valence-electron chi connectivity index (χ1n) is 9.52. The Bertz CT molecular complexity index is 772. The monoisotopic (exact) mass is 368 g/mol. The number of carbonyl (C=O) groups is 1. The van der Waals surface area contributed by atoms with Crippen LogP contribution < -0.4 is 20.1 Å². The number of nitrogens with one attached hydrogen (secondary N) is 2. The fourth-order valence-corrected chi connectivity index (χ4v) is 3.09. The molecule has 1 atom stereocenters. The normalized spacial score (nSPS) is 14.4. The number of aryl methyl sites for hydroxylation is 1. The molecule has 0 saturated carbocycles. The van der Waals surface area contributed by atoms with Crippen LogP contribution in [0, 0.1) is 12.8 Å². The summed E-state index contributed by atoms with van der Waals surface area (Å²) < 4.78 is 11.5. The largest absolute Gasteiger partial charge is 0.490 e. The molecule has 0 unspecified atom stereocenters. The van der Waals surface area contributed by atoms with Gasteiger partial charge in [-0.2, -0.15) is 0 Å². The average molecular weight is 368 g/mol. The predicted molar refractivity (Wildman–Crippen MR) is 106 cm³/mol. The molecule has 0 aromatic heterocycles. The quantitative estimate of drug-likeness (QED) is 0.825. The maximum Gasteiger partial charge on any atom is 0.315 e. The second-order valence-corrected chi connectivity index (χ2v) is 7.29. The molecule has 0 radical (unpaired) electrons. The lowest BCUT2D eigenvalue weighted by molar-refractivity contribution is 0.232. The molecule has 1 heterocycles. The van der Waals surface area contributed by atoms with Gasteiger partial charge in [-0.15, -0.1) is 0 Å². The van der Waals surface area contributed by atoms with Crippen LogP contribution in [0.4, 0.5) is 4.79 Å². The van der Waals surface area contributed by atoms with E-state index >= 15 is 0 Å². The van der Waals surface area contributed by atoms with Crippen LogP contribution in [-0.4, -0.2) is 19.2 Å². The number of rotatable bonds is 5. The third kappa shape index (κ3) is 5.16. The van der Waals surface area contributed by atoms with Crippen molar-refractivity contribution in [1.82, 2.24) is 10.6 Å². The van der Waals surface area contributed by atoms with Crippen LogP contribution >= 0.6 is 0 Å². The fourth-order valence-electron chi connectivity index (χ4n) is 3.09. The number of benzene rings is 2. The molecule has 144 valence electrons. The van der Waals surface area contributed by atoms with Gasteiger partial charge in [-0.3, -0.25) is 0 Å². The molecule has 2 aromatic rings. The zero-order chi connectivity index (χ0) is 19.2. The third-order valence-electron chi connectivity index (χ3n) is 4.66. The van der Waals surface area contributed by atoms with E-state index in [0.29, 0.717) is 19.8 Å². The molecule has 1 aliphatic heterocycles. The number of amides is 2. The van der Waals surface area contributed by atoms with E-state index in [1.54, 1.807) is 0 Å². The molecule has 5 nitrogen and oxygen atoms in total. The van der Waals surface area contributed by atoms with Gasteiger partial charge in [0.1, 0.15) is 0 Å². The van der Waals surface area contributed by atoms with Gasteiger partial charge in [-0.25, -0.2) is 4.79 Å².